The van der Waals surface area contributed by atoms with E-state index in [-0.39, 0.29) is 35.1 Å². The number of carbonyl (C=O) groups excluding carboxylic acids is 3. The van der Waals surface area contributed by atoms with E-state index in [1.807, 2.05) is 6.92 Å². The van der Waals surface area contributed by atoms with Crippen LogP contribution in [0.25, 0.3) is 11.1 Å². The van der Waals surface area contributed by atoms with Crippen molar-refractivity contribution in [1.82, 2.24) is 0 Å². The number of Topliss-reactive ketones (excluding diaryl/α,β-unsaturated/α-hetero) is 3. The zero-order chi connectivity index (χ0) is 27.7. The van der Waals surface area contributed by atoms with Crippen LogP contribution in [0.5, 0.6) is 0 Å². The first kappa shape index (κ1) is 27.7. The SMILES string of the molecule is CCC1C(=O)C(C(C)=O)=C(C)CC1CC1CC(=O)c2c(C)c(CC3CCCCC3)cc(-c3ccccc3)c2C1. The summed E-state index contributed by atoms with van der Waals surface area (Å²) in [5.74, 6) is 1.19. The molecular weight excluding hydrogens is 480 g/mol. The van der Waals surface area contributed by atoms with Crippen molar-refractivity contribution in [3.8, 4) is 11.1 Å². The van der Waals surface area contributed by atoms with Crippen LogP contribution in [0.1, 0.15) is 106 Å². The molecule has 3 atom stereocenters. The van der Waals surface area contributed by atoms with Crippen molar-refractivity contribution in [3.05, 3.63) is 69.8 Å². The molecule has 3 unspecified atom stereocenters. The first-order chi connectivity index (χ1) is 18.8. The number of carbonyl (C=O) groups is 3. The summed E-state index contributed by atoms with van der Waals surface area (Å²) in [5.41, 5.74) is 8.50. The van der Waals surface area contributed by atoms with Gasteiger partial charge in [0.2, 0.25) is 0 Å². The molecule has 3 nitrogen and oxygen atoms in total. The van der Waals surface area contributed by atoms with E-state index in [0.29, 0.717) is 12.0 Å². The summed E-state index contributed by atoms with van der Waals surface area (Å²) in [6, 6.07) is 13.0. The lowest BCUT2D eigenvalue weighted by atomic mass is 9.67. The Morgan fingerprint density at radius 1 is 0.923 bits per heavy atom. The van der Waals surface area contributed by atoms with Crippen molar-refractivity contribution in [3.63, 3.8) is 0 Å². The van der Waals surface area contributed by atoms with E-state index in [0.717, 1.165) is 49.2 Å². The van der Waals surface area contributed by atoms with Gasteiger partial charge in [-0.1, -0.05) is 81.0 Å². The molecule has 1 fully saturated rings. The predicted octanol–water partition coefficient (Wildman–Crippen LogP) is 8.44. The zero-order valence-electron chi connectivity index (χ0n) is 24.3. The van der Waals surface area contributed by atoms with E-state index < -0.39 is 0 Å². The number of allylic oxidation sites excluding steroid dienone is 2. The molecule has 0 aromatic heterocycles. The molecule has 1 saturated carbocycles. The van der Waals surface area contributed by atoms with Crippen LogP contribution in [-0.4, -0.2) is 17.3 Å². The molecule has 3 aliphatic carbocycles. The molecule has 0 bridgehead atoms. The molecule has 39 heavy (non-hydrogen) atoms. The molecule has 3 aliphatic rings. The maximum atomic E-state index is 13.9. The number of rotatable bonds is 7. The number of benzene rings is 2. The van der Waals surface area contributed by atoms with E-state index in [9.17, 15) is 14.4 Å². The Morgan fingerprint density at radius 2 is 1.64 bits per heavy atom. The van der Waals surface area contributed by atoms with Crippen LogP contribution in [0.4, 0.5) is 0 Å². The molecule has 0 amide bonds. The van der Waals surface area contributed by atoms with Gasteiger partial charge in [-0.15, -0.1) is 0 Å². The fraction of sp³-hybridized carbons (Fsp3) is 0.528. The lowest BCUT2D eigenvalue weighted by Crippen LogP contribution is -2.35. The second-order valence-electron chi connectivity index (χ2n) is 12.6. The highest BCUT2D eigenvalue weighted by Gasteiger charge is 2.39. The Labute approximate surface area is 234 Å². The average molecular weight is 525 g/mol. The van der Waals surface area contributed by atoms with Crippen LogP contribution in [0, 0.1) is 30.6 Å². The van der Waals surface area contributed by atoms with E-state index in [2.05, 4.69) is 50.2 Å². The molecule has 0 aliphatic heterocycles. The van der Waals surface area contributed by atoms with Crippen LogP contribution >= 0.6 is 0 Å². The summed E-state index contributed by atoms with van der Waals surface area (Å²) < 4.78 is 0. The van der Waals surface area contributed by atoms with Gasteiger partial charge in [0.05, 0.1) is 5.57 Å². The van der Waals surface area contributed by atoms with Gasteiger partial charge in [0.25, 0.3) is 0 Å². The van der Waals surface area contributed by atoms with Gasteiger partial charge in [-0.25, -0.2) is 0 Å². The third-order valence-corrected chi connectivity index (χ3v) is 9.94. The molecule has 0 saturated heterocycles. The highest BCUT2D eigenvalue weighted by molar-refractivity contribution is 6.21. The number of hydrogen-bond acceptors (Lipinski definition) is 3. The standard InChI is InChI=1S/C36H44O3/c1-5-30-29(16-22(2)34(24(4)37)36(30)39)18-26-19-32-31(27-14-10-7-11-15-27)21-28(17-25-12-8-6-9-13-25)23(3)35(32)33(38)20-26/h7,10-11,14-15,21,25-26,29-30H,5-6,8-9,12-13,16-20H2,1-4H3. The second kappa shape index (κ2) is 11.7. The van der Waals surface area contributed by atoms with Gasteiger partial charge in [0, 0.05) is 17.9 Å². The lowest BCUT2D eigenvalue weighted by Gasteiger charge is -2.36. The topological polar surface area (TPSA) is 51.2 Å². The zero-order valence-corrected chi connectivity index (χ0v) is 24.3. The Kier molecular flexibility index (Phi) is 8.35. The molecule has 0 spiro atoms. The third kappa shape index (κ3) is 5.60. The summed E-state index contributed by atoms with van der Waals surface area (Å²) in [7, 11) is 0. The van der Waals surface area contributed by atoms with Crippen LogP contribution in [0.15, 0.2) is 47.5 Å². The van der Waals surface area contributed by atoms with Crippen molar-refractivity contribution < 1.29 is 14.4 Å². The van der Waals surface area contributed by atoms with Crippen molar-refractivity contribution in [2.75, 3.05) is 0 Å². The van der Waals surface area contributed by atoms with Gasteiger partial charge in [-0.2, -0.15) is 0 Å². The Morgan fingerprint density at radius 3 is 2.31 bits per heavy atom. The molecule has 0 radical (unpaired) electrons. The normalized spacial score (nSPS) is 24.2. The minimum absolute atomic E-state index is 0.0226. The summed E-state index contributed by atoms with van der Waals surface area (Å²) in [6.07, 6.45) is 11.5. The van der Waals surface area contributed by atoms with Gasteiger partial charge >= 0.3 is 0 Å². The molecule has 5 rings (SSSR count). The van der Waals surface area contributed by atoms with Crippen molar-refractivity contribution >= 4 is 17.3 Å². The molecule has 206 valence electrons. The fourth-order valence-electron chi connectivity index (χ4n) is 8.08. The highest BCUT2D eigenvalue weighted by Crippen LogP contribution is 2.44. The smallest absolute Gasteiger partial charge is 0.169 e. The third-order valence-electron chi connectivity index (χ3n) is 9.94. The van der Waals surface area contributed by atoms with Crippen LogP contribution in [0.2, 0.25) is 0 Å². The summed E-state index contributed by atoms with van der Waals surface area (Å²) in [6.45, 7) is 7.68. The average Bonchev–Trinajstić information content (AvgIpc) is 2.91. The Balaban J connectivity index is 1.48. The van der Waals surface area contributed by atoms with Crippen molar-refractivity contribution in [2.45, 2.75) is 98.3 Å². The summed E-state index contributed by atoms with van der Waals surface area (Å²) in [5, 5.41) is 0. The van der Waals surface area contributed by atoms with E-state index in [1.165, 1.54) is 66.8 Å². The predicted molar refractivity (Wildman–Crippen MR) is 158 cm³/mol. The Bertz CT molecular complexity index is 1290. The minimum atomic E-state index is -0.128. The van der Waals surface area contributed by atoms with Gasteiger partial charge < -0.3 is 0 Å². The molecule has 2 aromatic carbocycles. The van der Waals surface area contributed by atoms with Gasteiger partial charge in [0.15, 0.2) is 17.3 Å². The minimum Gasteiger partial charge on any atom is -0.294 e. The lowest BCUT2D eigenvalue weighted by molar-refractivity contribution is -0.125. The van der Waals surface area contributed by atoms with Crippen LogP contribution in [-0.2, 0) is 22.4 Å². The summed E-state index contributed by atoms with van der Waals surface area (Å²) in [4.78, 5) is 39.3. The van der Waals surface area contributed by atoms with Crippen molar-refractivity contribution in [1.29, 1.82) is 0 Å². The quantitative estimate of drug-likeness (QED) is 0.342. The van der Waals surface area contributed by atoms with E-state index in [1.54, 1.807) is 0 Å². The van der Waals surface area contributed by atoms with Gasteiger partial charge in [0.1, 0.15) is 0 Å². The molecular formula is C36H44O3. The van der Waals surface area contributed by atoms with E-state index in [4.69, 9.17) is 0 Å². The largest absolute Gasteiger partial charge is 0.294 e. The molecule has 3 heteroatoms. The molecule has 2 aromatic rings. The van der Waals surface area contributed by atoms with Crippen LogP contribution in [0.3, 0.4) is 0 Å². The fourth-order valence-corrected chi connectivity index (χ4v) is 8.08. The van der Waals surface area contributed by atoms with Gasteiger partial charge in [-0.3, -0.25) is 14.4 Å². The van der Waals surface area contributed by atoms with Gasteiger partial charge in [-0.05, 0) is 98.4 Å². The first-order valence-electron chi connectivity index (χ1n) is 15.3. The monoisotopic (exact) mass is 524 g/mol. The van der Waals surface area contributed by atoms with Crippen molar-refractivity contribution in [2.24, 2.45) is 23.7 Å². The number of ketones is 3. The maximum Gasteiger partial charge on any atom is 0.169 e. The van der Waals surface area contributed by atoms with Crippen LogP contribution < -0.4 is 0 Å². The maximum absolute atomic E-state index is 13.9. The first-order valence-corrected chi connectivity index (χ1v) is 15.3. The molecule has 0 heterocycles. The summed E-state index contributed by atoms with van der Waals surface area (Å²) >= 11 is 0. The van der Waals surface area contributed by atoms with E-state index >= 15 is 0 Å². The Hall–Kier alpha value is -2.81. The second-order valence-corrected chi connectivity index (χ2v) is 12.6. The number of hydrogen-bond donors (Lipinski definition) is 0. The highest BCUT2D eigenvalue weighted by atomic mass is 16.1. The number of fused-ring (bicyclic) bond motifs is 1. The molecule has 0 N–H and O–H groups in total.